The van der Waals surface area contributed by atoms with Crippen LogP contribution in [0, 0.1) is 17.8 Å². The third kappa shape index (κ3) is 14.2. The van der Waals surface area contributed by atoms with Crippen LogP contribution in [0.2, 0.25) is 0 Å². The van der Waals surface area contributed by atoms with Gasteiger partial charge in [0.1, 0.15) is 17.2 Å². The third-order valence-corrected chi connectivity index (χ3v) is 9.32. The predicted molar refractivity (Wildman–Crippen MR) is 214 cm³/mol. The zero-order chi connectivity index (χ0) is 41.9. The van der Waals surface area contributed by atoms with Crippen molar-refractivity contribution in [3.05, 3.63) is 124 Å². The maximum atomic E-state index is 14.1. The van der Waals surface area contributed by atoms with Crippen molar-refractivity contribution in [3.63, 3.8) is 0 Å². The quantitative estimate of drug-likeness (QED) is 0.0286. The molecule has 0 aliphatic carbocycles. The third-order valence-electron chi connectivity index (χ3n) is 9.32. The maximum absolute atomic E-state index is 14.1. The number of carbonyl (C=O) groups is 4. The molecule has 0 atom stereocenters. The van der Waals surface area contributed by atoms with Gasteiger partial charge in [-0.05, 0) is 136 Å². The number of halogens is 3. The Bertz CT molecular complexity index is 2020. The highest BCUT2D eigenvalue weighted by atomic mass is 19.4. The summed E-state index contributed by atoms with van der Waals surface area (Å²) >= 11 is 0. The van der Waals surface area contributed by atoms with Gasteiger partial charge in [-0.3, -0.25) is 9.59 Å². The van der Waals surface area contributed by atoms with Crippen LogP contribution in [0.5, 0.6) is 17.2 Å². The molecule has 306 valence electrons. The van der Waals surface area contributed by atoms with Crippen LogP contribution in [0.1, 0.15) is 133 Å². The number of carbonyl (C=O) groups excluding carboxylic acids is 4. The Labute approximate surface area is 338 Å². The van der Waals surface area contributed by atoms with E-state index < -0.39 is 29.2 Å². The lowest BCUT2D eigenvalue weighted by atomic mass is 10.0. The largest absolute Gasteiger partial charge is 0.494 e. The lowest BCUT2D eigenvalue weighted by molar-refractivity contribution is -0.149. The number of alkyl halides is 3. The molecule has 0 radical (unpaired) electrons. The Kier molecular flexibility index (Phi) is 17.6. The summed E-state index contributed by atoms with van der Waals surface area (Å²) in [4.78, 5) is 49.8. The van der Waals surface area contributed by atoms with E-state index in [1.807, 2.05) is 20.8 Å². The second-order valence-corrected chi connectivity index (χ2v) is 13.7. The summed E-state index contributed by atoms with van der Waals surface area (Å²) in [5.41, 5.74) is -0.661. The molecule has 0 N–H and O–H groups in total. The van der Waals surface area contributed by atoms with Gasteiger partial charge < -0.3 is 18.9 Å². The van der Waals surface area contributed by atoms with Crippen LogP contribution in [0.4, 0.5) is 13.2 Å². The average molecular weight is 799 g/mol. The minimum Gasteiger partial charge on any atom is -0.494 e. The summed E-state index contributed by atoms with van der Waals surface area (Å²) in [5.74, 6) is 4.36. The van der Waals surface area contributed by atoms with Crippen LogP contribution in [0.3, 0.4) is 0 Å². The Balaban J connectivity index is 1.25. The number of Topliss-reactive ketones (excluding diaryl/α,β-unsaturated/α-hetero) is 1. The summed E-state index contributed by atoms with van der Waals surface area (Å²) in [6.45, 7) is 6.95. The molecule has 0 aromatic heterocycles. The van der Waals surface area contributed by atoms with Gasteiger partial charge >= 0.3 is 24.1 Å². The second-order valence-electron chi connectivity index (χ2n) is 13.7. The van der Waals surface area contributed by atoms with E-state index in [2.05, 4.69) is 11.8 Å². The van der Waals surface area contributed by atoms with Crippen molar-refractivity contribution in [1.82, 2.24) is 0 Å². The molecular formula is C47H49F3O8. The Hall–Kier alpha value is -5.89. The average Bonchev–Trinajstić information content (AvgIpc) is 3.22. The first-order chi connectivity index (χ1) is 27.9. The number of ether oxygens (including phenoxy) is 4. The summed E-state index contributed by atoms with van der Waals surface area (Å²) in [6.07, 6.45) is 3.27. The normalized spacial score (nSPS) is 11.0. The van der Waals surface area contributed by atoms with Gasteiger partial charge in [0.15, 0.2) is 5.78 Å². The molecule has 0 aliphatic heterocycles. The molecule has 8 nitrogen and oxygen atoms in total. The number of hydrogen-bond acceptors (Lipinski definition) is 8. The molecule has 0 aliphatic rings. The van der Waals surface area contributed by atoms with Gasteiger partial charge in [0.2, 0.25) is 0 Å². The van der Waals surface area contributed by atoms with Gasteiger partial charge in [0.25, 0.3) is 0 Å². The fraction of sp³-hybridized carbons (Fsp3) is 0.362. The topological polar surface area (TPSA) is 105 Å². The van der Waals surface area contributed by atoms with Gasteiger partial charge in [-0.15, -0.1) is 0 Å². The first kappa shape index (κ1) is 44.8. The van der Waals surface area contributed by atoms with Crippen molar-refractivity contribution in [1.29, 1.82) is 0 Å². The SMILES string of the molecule is CCCCCC(=O)c1ccc(OC(=O)c2ccc(C#Cc3ccc(OC(=O)c4ccc(OCCCCCCOC(=O)C(CC)CC)cc4)cc3)cc2C(F)(F)F)cc1. The minimum absolute atomic E-state index is 0.00791. The summed E-state index contributed by atoms with van der Waals surface area (Å²) in [7, 11) is 0. The van der Waals surface area contributed by atoms with E-state index in [1.54, 1.807) is 36.4 Å². The fourth-order valence-corrected chi connectivity index (χ4v) is 5.85. The number of rotatable bonds is 20. The number of benzene rings is 4. The predicted octanol–water partition coefficient (Wildman–Crippen LogP) is 11.2. The lowest BCUT2D eigenvalue weighted by Gasteiger charge is -2.13. The molecule has 0 saturated carbocycles. The van der Waals surface area contributed by atoms with E-state index in [0.717, 1.165) is 69.9 Å². The molecule has 11 heteroatoms. The van der Waals surface area contributed by atoms with E-state index in [9.17, 15) is 32.3 Å². The van der Waals surface area contributed by atoms with Crippen molar-refractivity contribution >= 4 is 23.7 Å². The van der Waals surface area contributed by atoms with Crippen LogP contribution in [0.25, 0.3) is 0 Å². The number of hydrogen-bond donors (Lipinski definition) is 0. The van der Waals surface area contributed by atoms with Crippen molar-refractivity contribution in [2.45, 2.75) is 91.2 Å². The standard InChI is InChI=1S/C47H49F3O8/c1-4-7-10-13-43(51)36-19-27-40(28-20-36)58-46(54)41-29-18-34(32-42(41)47(48,49)50)15-14-33-16-23-39(24-17-33)57-45(53)37-21-25-38(26-22-37)55-30-11-8-9-12-31-56-44(52)35(5-2)6-3/h16-29,32,35H,4-13,30-31H2,1-3H3. The maximum Gasteiger partial charge on any atom is 0.417 e. The van der Waals surface area contributed by atoms with Crippen LogP contribution < -0.4 is 14.2 Å². The molecule has 0 unspecified atom stereocenters. The van der Waals surface area contributed by atoms with Crippen LogP contribution in [-0.4, -0.2) is 36.9 Å². The highest BCUT2D eigenvalue weighted by Crippen LogP contribution is 2.33. The van der Waals surface area contributed by atoms with Gasteiger partial charge in [-0.1, -0.05) is 45.5 Å². The molecule has 0 fully saturated rings. The Morgan fingerprint density at radius 1 is 0.603 bits per heavy atom. The first-order valence-electron chi connectivity index (χ1n) is 19.7. The Morgan fingerprint density at radius 3 is 1.78 bits per heavy atom. The molecule has 4 aromatic rings. The molecule has 0 amide bonds. The number of unbranched alkanes of at least 4 members (excludes halogenated alkanes) is 5. The minimum atomic E-state index is -4.87. The molecular weight excluding hydrogens is 750 g/mol. The highest BCUT2D eigenvalue weighted by molar-refractivity contribution is 5.96. The van der Waals surface area contributed by atoms with Gasteiger partial charge in [-0.25, -0.2) is 9.59 Å². The van der Waals surface area contributed by atoms with Gasteiger partial charge in [0, 0.05) is 23.1 Å². The van der Waals surface area contributed by atoms with Crippen LogP contribution >= 0.6 is 0 Å². The Morgan fingerprint density at radius 2 is 1.16 bits per heavy atom. The van der Waals surface area contributed by atoms with Crippen molar-refractivity contribution in [3.8, 4) is 29.1 Å². The zero-order valence-corrected chi connectivity index (χ0v) is 33.1. The zero-order valence-electron chi connectivity index (χ0n) is 33.1. The summed E-state index contributed by atoms with van der Waals surface area (Å²) in [6, 6.07) is 21.6. The van der Waals surface area contributed by atoms with E-state index in [4.69, 9.17) is 18.9 Å². The van der Waals surface area contributed by atoms with E-state index in [-0.39, 0.29) is 34.7 Å². The van der Waals surface area contributed by atoms with E-state index in [1.165, 1.54) is 42.5 Å². The van der Waals surface area contributed by atoms with Gasteiger partial charge in [0.05, 0.1) is 35.8 Å². The molecule has 4 rings (SSSR count). The molecule has 4 aromatic carbocycles. The summed E-state index contributed by atoms with van der Waals surface area (Å²) < 4.78 is 64.0. The van der Waals surface area contributed by atoms with Crippen molar-refractivity contribution in [2.24, 2.45) is 5.92 Å². The first-order valence-corrected chi connectivity index (χ1v) is 19.7. The summed E-state index contributed by atoms with van der Waals surface area (Å²) in [5, 5.41) is 0. The number of ketones is 1. The molecule has 58 heavy (non-hydrogen) atoms. The van der Waals surface area contributed by atoms with Crippen molar-refractivity contribution in [2.75, 3.05) is 13.2 Å². The molecule has 0 saturated heterocycles. The monoisotopic (exact) mass is 798 g/mol. The number of esters is 3. The van der Waals surface area contributed by atoms with Crippen LogP contribution in [0.15, 0.2) is 91.0 Å². The smallest absolute Gasteiger partial charge is 0.417 e. The molecule has 0 spiro atoms. The second kappa shape index (κ2) is 22.7. The molecule has 0 heterocycles. The van der Waals surface area contributed by atoms with Crippen LogP contribution in [-0.2, 0) is 15.7 Å². The van der Waals surface area contributed by atoms with Gasteiger partial charge in [-0.2, -0.15) is 13.2 Å². The van der Waals surface area contributed by atoms with E-state index >= 15 is 0 Å². The highest BCUT2D eigenvalue weighted by Gasteiger charge is 2.36. The molecule has 0 bridgehead atoms. The van der Waals surface area contributed by atoms with E-state index in [0.29, 0.717) is 42.1 Å². The fourth-order valence-electron chi connectivity index (χ4n) is 5.85. The van der Waals surface area contributed by atoms with Crippen molar-refractivity contribution < 1.29 is 51.3 Å². The lowest BCUT2D eigenvalue weighted by Crippen LogP contribution is -2.17.